The molecule has 0 spiro atoms. The molecule has 9 nitrogen and oxygen atoms in total. The molecule has 0 aromatic carbocycles. The second-order valence-corrected chi connectivity index (χ2v) is 9.58. The largest absolute Gasteiger partial charge is 0.464 e. The Bertz CT molecular complexity index is 1330. The number of nitrogens with zero attached hydrogens (tertiary/aromatic N) is 3. The molecule has 4 aromatic heterocycles. The molecule has 2 fully saturated rings. The van der Waals surface area contributed by atoms with E-state index < -0.39 is 0 Å². The highest BCUT2D eigenvalue weighted by molar-refractivity contribution is 5.95. The number of ether oxygens (including phenoxy) is 2. The van der Waals surface area contributed by atoms with E-state index in [4.69, 9.17) is 9.84 Å². The van der Waals surface area contributed by atoms with E-state index in [1.54, 1.807) is 18.5 Å². The minimum absolute atomic E-state index is 0.0370. The lowest BCUT2D eigenvalue weighted by Gasteiger charge is -2.16. The predicted molar refractivity (Wildman–Crippen MR) is 140 cm³/mol. The van der Waals surface area contributed by atoms with Gasteiger partial charge in [-0.2, -0.15) is 0 Å². The van der Waals surface area contributed by atoms with Gasteiger partial charge in [0, 0.05) is 29.2 Å². The van der Waals surface area contributed by atoms with E-state index in [1.807, 2.05) is 41.8 Å². The van der Waals surface area contributed by atoms with Gasteiger partial charge >= 0.3 is 11.9 Å². The van der Waals surface area contributed by atoms with Crippen LogP contribution in [0, 0.1) is 11.8 Å². The second kappa shape index (κ2) is 11.6. The number of hydrogen-bond acceptors (Lipinski definition) is 7. The van der Waals surface area contributed by atoms with Gasteiger partial charge in [0.1, 0.15) is 22.7 Å². The molecule has 4 aromatic rings. The lowest BCUT2D eigenvalue weighted by Crippen LogP contribution is -2.15. The molecular formula is C28H34N4O5. The van der Waals surface area contributed by atoms with E-state index in [9.17, 15) is 9.59 Å². The number of aliphatic hydroxyl groups is 1. The van der Waals surface area contributed by atoms with Crippen LogP contribution in [0.1, 0.15) is 66.5 Å². The van der Waals surface area contributed by atoms with Gasteiger partial charge in [-0.3, -0.25) is 0 Å². The van der Waals surface area contributed by atoms with Crippen molar-refractivity contribution in [2.45, 2.75) is 51.7 Å². The molecule has 2 unspecified atom stereocenters. The monoisotopic (exact) mass is 506 g/mol. The third-order valence-electron chi connectivity index (χ3n) is 6.80. The minimum atomic E-state index is -0.377. The molecule has 2 aliphatic rings. The highest BCUT2D eigenvalue weighted by atomic mass is 16.5. The van der Waals surface area contributed by atoms with E-state index in [1.165, 1.54) is 39.9 Å². The van der Waals surface area contributed by atoms with Gasteiger partial charge in [-0.1, -0.05) is 0 Å². The zero-order valence-electron chi connectivity index (χ0n) is 21.7. The number of aliphatic hydroxyl groups excluding tert-OH is 1. The highest BCUT2D eigenvalue weighted by Gasteiger charge is 2.32. The van der Waals surface area contributed by atoms with Crippen molar-refractivity contribution in [3.63, 3.8) is 0 Å². The van der Waals surface area contributed by atoms with Gasteiger partial charge in [0.05, 0.1) is 20.3 Å². The fraction of sp³-hybridized carbons (Fsp3) is 0.429. The third kappa shape index (κ3) is 6.35. The van der Waals surface area contributed by atoms with Crippen molar-refractivity contribution in [3.05, 3.63) is 60.2 Å². The molecule has 0 saturated heterocycles. The molecule has 0 radical (unpaired) electrons. The number of rotatable bonds is 5. The second-order valence-electron chi connectivity index (χ2n) is 9.58. The average molecular weight is 507 g/mol. The fourth-order valence-electron chi connectivity index (χ4n) is 4.27. The van der Waals surface area contributed by atoms with Crippen molar-refractivity contribution in [1.82, 2.24) is 19.5 Å². The van der Waals surface area contributed by atoms with Crippen molar-refractivity contribution in [1.29, 1.82) is 0 Å². The molecule has 2 aliphatic carbocycles. The molecule has 9 heteroatoms. The maximum atomic E-state index is 11.9. The first-order valence-electron chi connectivity index (χ1n) is 12.6. The zero-order chi connectivity index (χ0) is 26.5. The van der Waals surface area contributed by atoms with Crippen LogP contribution < -0.4 is 0 Å². The van der Waals surface area contributed by atoms with Gasteiger partial charge < -0.3 is 24.1 Å². The lowest BCUT2D eigenvalue weighted by molar-refractivity contribution is 0.0581. The summed E-state index contributed by atoms with van der Waals surface area (Å²) in [6, 6.07) is 11.4. The Hall–Kier alpha value is -3.72. The smallest absolute Gasteiger partial charge is 0.354 e. The zero-order valence-corrected chi connectivity index (χ0v) is 21.7. The summed E-state index contributed by atoms with van der Waals surface area (Å²) in [4.78, 5) is 34.3. The van der Waals surface area contributed by atoms with E-state index in [0.717, 1.165) is 16.4 Å². The quantitative estimate of drug-likeness (QED) is 0.369. The summed E-state index contributed by atoms with van der Waals surface area (Å²) in [5, 5.41) is 10.6. The van der Waals surface area contributed by atoms with Crippen LogP contribution >= 0.6 is 0 Å². The first-order valence-corrected chi connectivity index (χ1v) is 12.6. The molecule has 37 heavy (non-hydrogen) atoms. The standard InChI is InChI=1S/C14H16N2O2.C9H8N2O2.C5H10O/c1-9(10-5-6-10)16-12(14(17)18-2)8-11-4-3-7-15-13(11)16;1-13-9(12)7-5-6-3-2-4-10-8(6)11-7;1-4(6)5-2-3-5/h3-4,7-10H,5-6H2,1-2H3;2-5H,1H3,(H,10,11);4-6H,2-3H2,1H3. The Kier molecular flexibility index (Phi) is 8.23. The van der Waals surface area contributed by atoms with Crippen LogP contribution in [0.4, 0.5) is 0 Å². The van der Waals surface area contributed by atoms with Crippen LogP contribution in [0.3, 0.4) is 0 Å². The first-order chi connectivity index (χ1) is 17.8. The Morgan fingerprint density at radius 3 is 2.11 bits per heavy atom. The SMILES string of the molecule is CC(O)C1CC1.COC(=O)c1cc2cccnc2[nH]1.COC(=O)c1cc2cccnc2n1C(C)C1CC1. The molecule has 0 bridgehead atoms. The van der Waals surface area contributed by atoms with E-state index in [0.29, 0.717) is 34.9 Å². The van der Waals surface area contributed by atoms with Crippen LogP contribution in [0.2, 0.25) is 0 Å². The number of methoxy groups -OCH3 is 2. The van der Waals surface area contributed by atoms with Gasteiger partial charge in [-0.05, 0) is 87.8 Å². The maximum Gasteiger partial charge on any atom is 0.354 e. The van der Waals surface area contributed by atoms with Gasteiger partial charge in [0.15, 0.2) is 0 Å². The number of pyridine rings is 2. The van der Waals surface area contributed by atoms with E-state index in [-0.39, 0.29) is 18.0 Å². The van der Waals surface area contributed by atoms with Gasteiger partial charge in [-0.15, -0.1) is 0 Å². The van der Waals surface area contributed by atoms with Crippen LogP contribution in [-0.4, -0.2) is 56.9 Å². The number of nitrogens with one attached hydrogen (secondary N) is 1. The van der Waals surface area contributed by atoms with E-state index >= 15 is 0 Å². The van der Waals surface area contributed by atoms with Crippen molar-refractivity contribution >= 4 is 34.0 Å². The Morgan fingerprint density at radius 1 is 0.946 bits per heavy atom. The summed E-state index contributed by atoms with van der Waals surface area (Å²) >= 11 is 0. The minimum Gasteiger partial charge on any atom is -0.464 e. The van der Waals surface area contributed by atoms with E-state index in [2.05, 4.69) is 26.6 Å². The van der Waals surface area contributed by atoms with Gasteiger partial charge in [-0.25, -0.2) is 19.6 Å². The molecular weight excluding hydrogens is 472 g/mol. The molecule has 2 N–H and O–H groups in total. The van der Waals surface area contributed by atoms with Crippen molar-refractivity contribution < 1.29 is 24.2 Å². The normalized spacial score (nSPS) is 16.1. The van der Waals surface area contributed by atoms with Gasteiger partial charge in [0.25, 0.3) is 0 Å². The average Bonchev–Trinajstić information content (AvgIpc) is 3.85. The van der Waals surface area contributed by atoms with Crippen LogP contribution in [-0.2, 0) is 9.47 Å². The number of hydrogen-bond donors (Lipinski definition) is 2. The van der Waals surface area contributed by atoms with Crippen LogP contribution in [0.25, 0.3) is 22.1 Å². The number of esters is 2. The van der Waals surface area contributed by atoms with Gasteiger partial charge in [0.2, 0.25) is 0 Å². The van der Waals surface area contributed by atoms with Crippen molar-refractivity contribution in [3.8, 4) is 0 Å². The van der Waals surface area contributed by atoms with Crippen LogP contribution in [0.5, 0.6) is 0 Å². The molecule has 2 atom stereocenters. The fourth-order valence-corrected chi connectivity index (χ4v) is 4.27. The molecule has 196 valence electrons. The first kappa shape index (κ1) is 26.3. The number of H-pyrrole nitrogens is 1. The summed E-state index contributed by atoms with van der Waals surface area (Å²) in [5.41, 5.74) is 2.60. The lowest BCUT2D eigenvalue weighted by atomic mass is 10.2. The Labute approximate surface area is 215 Å². The molecule has 2 saturated carbocycles. The predicted octanol–water partition coefficient (Wildman–Crippen LogP) is 4.92. The molecule has 0 aliphatic heterocycles. The number of aromatic nitrogens is 4. The maximum absolute atomic E-state index is 11.9. The van der Waals surface area contributed by atoms with Crippen molar-refractivity contribution in [2.75, 3.05) is 14.2 Å². The summed E-state index contributed by atoms with van der Waals surface area (Å²) < 4.78 is 11.5. The molecule has 6 rings (SSSR count). The highest BCUT2D eigenvalue weighted by Crippen LogP contribution is 2.41. The number of aromatic amines is 1. The van der Waals surface area contributed by atoms with Crippen molar-refractivity contribution in [2.24, 2.45) is 11.8 Å². The molecule has 0 amide bonds. The Morgan fingerprint density at radius 2 is 1.57 bits per heavy atom. The summed E-state index contributed by atoms with van der Waals surface area (Å²) in [7, 11) is 2.76. The molecule has 4 heterocycles. The number of carbonyl (C=O) groups is 2. The summed E-state index contributed by atoms with van der Waals surface area (Å²) in [6.45, 7) is 4.01. The van der Waals surface area contributed by atoms with Crippen LogP contribution in [0.15, 0.2) is 48.8 Å². The Balaban J connectivity index is 0.000000146. The topological polar surface area (TPSA) is 119 Å². The third-order valence-corrected chi connectivity index (χ3v) is 6.80. The number of fused-ring (bicyclic) bond motifs is 2. The summed E-state index contributed by atoms with van der Waals surface area (Å²) in [5.74, 6) is 0.648. The summed E-state index contributed by atoms with van der Waals surface area (Å²) in [6.07, 6.45) is 8.35. The number of carbonyl (C=O) groups excluding carboxylic acids is 2.